The van der Waals surface area contributed by atoms with Crippen molar-refractivity contribution in [1.29, 1.82) is 0 Å². The minimum atomic E-state index is -0.0791. The van der Waals surface area contributed by atoms with Crippen LogP contribution in [0.5, 0.6) is 0 Å². The summed E-state index contributed by atoms with van der Waals surface area (Å²) in [6.45, 7) is 2.09. The van der Waals surface area contributed by atoms with E-state index in [0.717, 1.165) is 31.7 Å². The molecule has 0 unspecified atom stereocenters. The summed E-state index contributed by atoms with van der Waals surface area (Å²) in [6, 6.07) is 0.304. The van der Waals surface area contributed by atoms with Crippen LogP contribution in [-0.2, 0) is 0 Å². The van der Waals surface area contributed by atoms with Gasteiger partial charge in [-0.3, -0.25) is 4.79 Å². The molecular formula is C17H26N4O. The third-order valence-electron chi connectivity index (χ3n) is 4.74. The minimum Gasteiger partial charge on any atom is -0.355 e. The highest BCUT2D eigenvalue weighted by Crippen LogP contribution is 2.18. The highest BCUT2D eigenvalue weighted by atomic mass is 16.1. The first-order chi connectivity index (χ1) is 10.8. The van der Waals surface area contributed by atoms with Crippen LogP contribution in [-0.4, -0.2) is 35.0 Å². The maximum Gasteiger partial charge on any atom is 0.271 e. The van der Waals surface area contributed by atoms with E-state index in [1.807, 2.05) is 0 Å². The van der Waals surface area contributed by atoms with Crippen molar-refractivity contribution in [1.82, 2.24) is 15.3 Å². The number of hydrogen-bond donors (Lipinski definition) is 1. The van der Waals surface area contributed by atoms with E-state index in [-0.39, 0.29) is 5.91 Å². The van der Waals surface area contributed by atoms with E-state index in [0.29, 0.717) is 11.7 Å². The van der Waals surface area contributed by atoms with Gasteiger partial charge in [0, 0.05) is 19.1 Å². The van der Waals surface area contributed by atoms with Gasteiger partial charge in [0.05, 0.1) is 12.4 Å². The van der Waals surface area contributed by atoms with Crippen LogP contribution in [0.1, 0.15) is 68.3 Å². The zero-order valence-corrected chi connectivity index (χ0v) is 13.3. The average molecular weight is 302 g/mol. The summed E-state index contributed by atoms with van der Waals surface area (Å²) in [5.41, 5.74) is 0.435. The van der Waals surface area contributed by atoms with Crippen molar-refractivity contribution in [2.45, 2.75) is 63.8 Å². The van der Waals surface area contributed by atoms with E-state index >= 15 is 0 Å². The van der Waals surface area contributed by atoms with E-state index in [1.54, 1.807) is 12.4 Å². The van der Waals surface area contributed by atoms with E-state index in [1.165, 1.54) is 44.9 Å². The molecule has 1 saturated carbocycles. The molecule has 2 fully saturated rings. The van der Waals surface area contributed by atoms with Gasteiger partial charge >= 0.3 is 0 Å². The van der Waals surface area contributed by atoms with Crippen LogP contribution in [0.25, 0.3) is 0 Å². The van der Waals surface area contributed by atoms with Crippen LogP contribution in [0.2, 0.25) is 0 Å². The van der Waals surface area contributed by atoms with Crippen molar-refractivity contribution in [3.63, 3.8) is 0 Å². The number of carbonyl (C=O) groups excluding carboxylic acids is 1. The van der Waals surface area contributed by atoms with Crippen molar-refractivity contribution in [3.05, 3.63) is 18.1 Å². The lowest BCUT2D eigenvalue weighted by Gasteiger charge is -2.27. The number of nitrogens with zero attached hydrogens (tertiary/aromatic N) is 3. The summed E-state index contributed by atoms with van der Waals surface area (Å²) in [4.78, 5) is 23.3. The maximum atomic E-state index is 12.3. The zero-order valence-electron chi connectivity index (χ0n) is 13.3. The molecule has 1 saturated heterocycles. The fourth-order valence-electron chi connectivity index (χ4n) is 3.41. The number of aromatic nitrogens is 2. The molecule has 0 bridgehead atoms. The lowest BCUT2D eigenvalue weighted by molar-refractivity contribution is 0.0928. The quantitative estimate of drug-likeness (QED) is 0.872. The first kappa shape index (κ1) is 15.3. The van der Waals surface area contributed by atoms with E-state index in [4.69, 9.17) is 0 Å². The first-order valence-corrected chi connectivity index (χ1v) is 8.71. The molecule has 5 heteroatoms. The number of amides is 1. The van der Waals surface area contributed by atoms with Crippen LogP contribution < -0.4 is 10.2 Å². The lowest BCUT2D eigenvalue weighted by Crippen LogP contribution is -2.35. The number of rotatable bonds is 3. The third-order valence-corrected chi connectivity index (χ3v) is 4.74. The number of nitrogens with one attached hydrogen (secondary N) is 1. The molecule has 22 heavy (non-hydrogen) atoms. The molecule has 3 rings (SSSR count). The fraction of sp³-hybridized carbons (Fsp3) is 0.706. The van der Waals surface area contributed by atoms with E-state index in [2.05, 4.69) is 20.2 Å². The molecule has 2 heterocycles. The van der Waals surface area contributed by atoms with Crippen LogP contribution in [0.4, 0.5) is 5.82 Å². The molecule has 0 aromatic carbocycles. The Bertz CT molecular complexity index is 474. The monoisotopic (exact) mass is 302 g/mol. The Morgan fingerprint density at radius 2 is 1.64 bits per heavy atom. The zero-order chi connectivity index (χ0) is 15.2. The van der Waals surface area contributed by atoms with Gasteiger partial charge < -0.3 is 10.2 Å². The average Bonchev–Trinajstić information content (AvgIpc) is 2.84. The summed E-state index contributed by atoms with van der Waals surface area (Å²) in [5, 5.41) is 3.12. The Morgan fingerprint density at radius 1 is 0.955 bits per heavy atom. The van der Waals surface area contributed by atoms with Crippen LogP contribution >= 0.6 is 0 Å². The van der Waals surface area contributed by atoms with Gasteiger partial charge in [-0.1, -0.05) is 25.7 Å². The standard InChI is InChI=1S/C17H26N4O/c22-17(20-14-8-4-1-2-5-9-14)15-12-19-16(13-18-15)21-10-6-3-7-11-21/h12-14H,1-11H2,(H,20,22). The molecule has 120 valence electrons. The highest BCUT2D eigenvalue weighted by molar-refractivity contribution is 5.92. The van der Waals surface area contributed by atoms with Crippen molar-refractivity contribution in [3.8, 4) is 0 Å². The summed E-state index contributed by atoms with van der Waals surface area (Å²) in [6.07, 6.45) is 14.3. The number of hydrogen-bond acceptors (Lipinski definition) is 4. The predicted molar refractivity (Wildman–Crippen MR) is 87.1 cm³/mol. The Morgan fingerprint density at radius 3 is 2.27 bits per heavy atom. The molecule has 1 aliphatic carbocycles. The van der Waals surface area contributed by atoms with Crippen molar-refractivity contribution < 1.29 is 4.79 Å². The van der Waals surface area contributed by atoms with Crippen molar-refractivity contribution >= 4 is 11.7 Å². The van der Waals surface area contributed by atoms with Crippen LogP contribution in [0.15, 0.2) is 12.4 Å². The predicted octanol–water partition coefficient (Wildman–Crippen LogP) is 2.92. The SMILES string of the molecule is O=C(NC1CCCCCC1)c1cnc(N2CCCCC2)cn1. The highest BCUT2D eigenvalue weighted by Gasteiger charge is 2.18. The molecule has 0 atom stereocenters. The second kappa shape index (κ2) is 7.56. The van der Waals surface area contributed by atoms with Crippen molar-refractivity contribution in [2.24, 2.45) is 0 Å². The summed E-state index contributed by atoms with van der Waals surface area (Å²) >= 11 is 0. The van der Waals surface area contributed by atoms with Crippen molar-refractivity contribution in [2.75, 3.05) is 18.0 Å². The second-order valence-electron chi connectivity index (χ2n) is 6.47. The molecule has 1 aromatic heterocycles. The minimum absolute atomic E-state index is 0.0791. The smallest absolute Gasteiger partial charge is 0.271 e. The summed E-state index contributed by atoms with van der Waals surface area (Å²) < 4.78 is 0. The second-order valence-corrected chi connectivity index (χ2v) is 6.47. The van der Waals surface area contributed by atoms with Gasteiger partial charge in [0.25, 0.3) is 5.91 Å². The molecule has 0 radical (unpaired) electrons. The van der Waals surface area contributed by atoms with E-state index in [9.17, 15) is 4.79 Å². The van der Waals surface area contributed by atoms with E-state index < -0.39 is 0 Å². The number of anilines is 1. The van der Waals surface area contributed by atoms with Crippen LogP contribution in [0.3, 0.4) is 0 Å². The summed E-state index contributed by atoms with van der Waals surface area (Å²) in [7, 11) is 0. The topological polar surface area (TPSA) is 58.1 Å². The van der Waals surface area contributed by atoms with Gasteiger partial charge in [-0.05, 0) is 32.1 Å². The van der Waals surface area contributed by atoms with Crippen LogP contribution in [0, 0.1) is 0 Å². The third kappa shape index (κ3) is 3.96. The largest absolute Gasteiger partial charge is 0.355 e. The summed E-state index contributed by atoms with van der Waals surface area (Å²) in [5.74, 6) is 0.815. The lowest BCUT2D eigenvalue weighted by atomic mass is 10.1. The number of piperidine rings is 1. The van der Waals surface area contributed by atoms with Gasteiger partial charge in [0.2, 0.25) is 0 Å². The normalized spacial score (nSPS) is 20.5. The number of carbonyl (C=O) groups is 1. The molecular weight excluding hydrogens is 276 g/mol. The molecule has 0 spiro atoms. The van der Waals surface area contributed by atoms with Gasteiger partial charge in [0.1, 0.15) is 11.5 Å². The fourth-order valence-corrected chi connectivity index (χ4v) is 3.41. The Hall–Kier alpha value is -1.65. The Labute approximate surface area is 132 Å². The van der Waals surface area contributed by atoms with Gasteiger partial charge in [-0.2, -0.15) is 0 Å². The molecule has 1 N–H and O–H groups in total. The molecule has 5 nitrogen and oxygen atoms in total. The molecule has 1 aliphatic heterocycles. The maximum absolute atomic E-state index is 12.3. The van der Waals surface area contributed by atoms with Gasteiger partial charge in [0.15, 0.2) is 0 Å². The van der Waals surface area contributed by atoms with Gasteiger partial charge in [-0.15, -0.1) is 0 Å². The van der Waals surface area contributed by atoms with Gasteiger partial charge in [-0.25, -0.2) is 9.97 Å². The molecule has 2 aliphatic rings. The molecule has 1 aromatic rings. The Kier molecular flexibility index (Phi) is 5.24. The molecule has 1 amide bonds. The Balaban J connectivity index is 1.58. The first-order valence-electron chi connectivity index (χ1n) is 8.71.